The Kier molecular flexibility index (Phi) is 68.1. The third-order valence-corrected chi connectivity index (χ3v) is 20.3. The van der Waals surface area contributed by atoms with Gasteiger partial charge in [-0.3, -0.25) is 37.3 Å². The first-order valence-electron chi connectivity index (χ1n) is 40.8. The van der Waals surface area contributed by atoms with E-state index in [-0.39, 0.29) is 25.7 Å². The number of phosphoric ester groups is 2. The molecular formula is C79H154O17P2. The number of esters is 4. The number of hydrogen-bond acceptors (Lipinski definition) is 15. The van der Waals surface area contributed by atoms with Crippen molar-refractivity contribution >= 4 is 39.5 Å². The predicted octanol–water partition coefficient (Wildman–Crippen LogP) is 23.4. The van der Waals surface area contributed by atoms with Crippen LogP contribution in [0.2, 0.25) is 0 Å². The summed E-state index contributed by atoms with van der Waals surface area (Å²) in [5, 5.41) is 10.6. The third-order valence-electron chi connectivity index (χ3n) is 18.4. The van der Waals surface area contributed by atoms with Crippen molar-refractivity contribution in [2.24, 2.45) is 17.8 Å². The van der Waals surface area contributed by atoms with E-state index in [2.05, 4.69) is 48.5 Å². The molecule has 0 heterocycles. The Morgan fingerprint density at radius 3 is 0.694 bits per heavy atom. The number of hydrogen-bond donors (Lipinski definition) is 3. The lowest BCUT2D eigenvalue weighted by Crippen LogP contribution is -2.30. The summed E-state index contributed by atoms with van der Waals surface area (Å²) in [6.45, 7) is 12.0. The first-order chi connectivity index (χ1) is 47.2. The molecule has 98 heavy (non-hydrogen) atoms. The van der Waals surface area contributed by atoms with Gasteiger partial charge in [0.25, 0.3) is 0 Å². The summed E-state index contributed by atoms with van der Waals surface area (Å²) in [5.74, 6) is 0.214. The third kappa shape index (κ3) is 72.4. The monoisotopic (exact) mass is 1440 g/mol. The molecule has 0 saturated heterocycles. The molecule has 0 aliphatic carbocycles. The Hall–Kier alpha value is -1.94. The molecular weight excluding hydrogens is 1280 g/mol. The van der Waals surface area contributed by atoms with E-state index in [0.29, 0.717) is 25.7 Å². The number of carbonyl (C=O) groups excluding carboxylic acids is 4. The van der Waals surface area contributed by atoms with Crippen LogP contribution in [0.3, 0.4) is 0 Å². The van der Waals surface area contributed by atoms with Crippen LogP contribution in [0.25, 0.3) is 0 Å². The van der Waals surface area contributed by atoms with Gasteiger partial charge in [0, 0.05) is 25.7 Å². The van der Waals surface area contributed by atoms with Gasteiger partial charge in [-0.2, -0.15) is 0 Å². The smallest absolute Gasteiger partial charge is 0.462 e. The zero-order chi connectivity index (χ0) is 72.3. The topological polar surface area (TPSA) is 237 Å². The van der Waals surface area contributed by atoms with Gasteiger partial charge in [-0.1, -0.05) is 357 Å². The second kappa shape index (κ2) is 69.4. The van der Waals surface area contributed by atoms with Crippen molar-refractivity contribution < 1.29 is 80.2 Å². The van der Waals surface area contributed by atoms with E-state index < -0.39 is 97.5 Å². The first-order valence-corrected chi connectivity index (χ1v) is 43.8. The number of unbranched alkanes of at least 4 members (excludes halogenated alkanes) is 45. The number of ether oxygens (including phenoxy) is 4. The van der Waals surface area contributed by atoms with E-state index in [1.165, 1.54) is 218 Å². The van der Waals surface area contributed by atoms with Crippen molar-refractivity contribution in [2.75, 3.05) is 39.6 Å². The van der Waals surface area contributed by atoms with Gasteiger partial charge in [-0.15, -0.1) is 0 Å². The molecule has 0 radical (unpaired) electrons. The van der Waals surface area contributed by atoms with E-state index in [0.717, 1.165) is 108 Å². The molecule has 0 rings (SSSR count). The summed E-state index contributed by atoms with van der Waals surface area (Å²) in [6.07, 6.45) is 56.7. The average molecular weight is 1440 g/mol. The number of phosphoric acid groups is 2. The van der Waals surface area contributed by atoms with Gasteiger partial charge in [-0.25, -0.2) is 9.13 Å². The Balaban J connectivity index is 5.27. The highest BCUT2D eigenvalue weighted by Crippen LogP contribution is 2.45. The molecule has 0 aliphatic rings. The summed E-state index contributed by atoms with van der Waals surface area (Å²) in [6, 6.07) is 0. The SMILES string of the molecule is CCCCCCCCCCCCCCCCC(=O)O[C@H](COC(=O)CCCCCCCCCCCCC(C)C)COP(=O)(O)OC[C@H](O)COP(=O)(O)OC[C@@H](COC(=O)CCCCCCCCCCCCCC(C)C)OC(=O)CCCCCCCCCCCCCCCCC(C)C. The molecule has 0 aliphatic heterocycles. The second-order valence-corrected chi connectivity index (χ2v) is 32.8. The zero-order valence-electron chi connectivity index (χ0n) is 64.3. The maximum atomic E-state index is 13.1. The minimum atomic E-state index is -4.96. The Morgan fingerprint density at radius 2 is 0.469 bits per heavy atom. The van der Waals surface area contributed by atoms with Crippen LogP contribution in [0, 0.1) is 17.8 Å². The summed E-state index contributed by atoms with van der Waals surface area (Å²) < 4.78 is 68.7. The van der Waals surface area contributed by atoms with Crippen molar-refractivity contribution in [2.45, 2.75) is 426 Å². The summed E-state index contributed by atoms with van der Waals surface area (Å²) in [4.78, 5) is 73.0. The molecule has 0 aromatic heterocycles. The van der Waals surface area contributed by atoms with E-state index in [1.54, 1.807) is 0 Å². The van der Waals surface area contributed by atoms with Gasteiger partial charge < -0.3 is 33.8 Å². The normalized spacial score (nSPS) is 14.0. The van der Waals surface area contributed by atoms with E-state index in [1.807, 2.05) is 0 Å². The molecule has 0 saturated carbocycles. The maximum absolute atomic E-state index is 13.1. The summed E-state index contributed by atoms with van der Waals surface area (Å²) in [5.41, 5.74) is 0. The highest BCUT2D eigenvalue weighted by Gasteiger charge is 2.30. The molecule has 0 aromatic rings. The molecule has 3 N–H and O–H groups in total. The molecule has 0 aromatic carbocycles. The quantitative estimate of drug-likeness (QED) is 0.0222. The largest absolute Gasteiger partial charge is 0.472 e. The molecule has 582 valence electrons. The van der Waals surface area contributed by atoms with Crippen LogP contribution in [0.5, 0.6) is 0 Å². The molecule has 17 nitrogen and oxygen atoms in total. The van der Waals surface area contributed by atoms with Crippen LogP contribution in [-0.4, -0.2) is 96.7 Å². The molecule has 19 heteroatoms. The Bertz CT molecular complexity index is 1900. The van der Waals surface area contributed by atoms with Crippen LogP contribution < -0.4 is 0 Å². The van der Waals surface area contributed by atoms with Gasteiger partial charge in [0.15, 0.2) is 12.2 Å². The summed E-state index contributed by atoms with van der Waals surface area (Å²) in [7, 11) is -9.92. The molecule has 2 unspecified atom stereocenters. The standard InChI is InChI=1S/C79H154O17P2/c1-8-9-10-11-12-13-14-15-19-24-34-41-48-55-62-78(83)96-75(67-90-77(82)61-54-47-40-33-28-27-31-38-45-52-59-72(6)7)69-94-98(87,88)92-65-73(80)64-91-97(85,86)93-68-74(66-89-76(81)60-53-46-39-32-26-21-23-30-37-44-51-58-71(4)5)95-79(84)63-56-49-42-35-25-20-17-16-18-22-29-36-43-50-57-70(2)3/h70-75,80H,8-69H2,1-7H3,(H,85,86)(H,87,88)/t73-,74-,75-/m1/s1. The average Bonchev–Trinajstić information content (AvgIpc) is 1.14. The molecule has 0 amide bonds. The van der Waals surface area contributed by atoms with Gasteiger partial charge >= 0.3 is 39.5 Å². The Morgan fingerprint density at radius 1 is 0.276 bits per heavy atom. The molecule has 0 fully saturated rings. The second-order valence-electron chi connectivity index (χ2n) is 29.9. The lowest BCUT2D eigenvalue weighted by atomic mass is 10.0. The van der Waals surface area contributed by atoms with E-state index in [4.69, 9.17) is 37.0 Å². The predicted molar refractivity (Wildman–Crippen MR) is 400 cm³/mol. The van der Waals surface area contributed by atoms with Crippen molar-refractivity contribution in [3.63, 3.8) is 0 Å². The van der Waals surface area contributed by atoms with E-state index >= 15 is 0 Å². The van der Waals surface area contributed by atoms with Crippen molar-refractivity contribution in [1.29, 1.82) is 0 Å². The van der Waals surface area contributed by atoms with Crippen LogP contribution in [0.15, 0.2) is 0 Å². The van der Waals surface area contributed by atoms with Gasteiger partial charge in [0.2, 0.25) is 0 Å². The lowest BCUT2D eigenvalue weighted by Gasteiger charge is -2.21. The van der Waals surface area contributed by atoms with Crippen LogP contribution in [0.1, 0.15) is 408 Å². The minimum Gasteiger partial charge on any atom is -0.462 e. The van der Waals surface area contributed by atoms with Crippen LogP contribution in [0.4, 0.5) is 0 Å². The summed E-state index contributed by atoms with van der Waals surface area (Å²) >= 11 is 0. The van der Waals surface area contributed by atoms with E-state index in [9.17, 15) is 43.2 Å². The molecule has 5 atom stereocenters. The highest BCUT2D eigenvalue weighted by molar-refractivity contribution is 7.47. The Labute approximate surface area is 600 Å². The number of aliphatic hydroxyl groups excluding tert-OH is 1. The fourth-order valence-electron chi connectivity index (χ4n) is 12.1. The fraction of sp³-hybridized carbons (Fsp3) is 0.949. The van der Waals surface area contributed by atoms with Gasteiger partial charge in [0.05, 0.1) is 26.4 Å². The van der Waals surface area contributed by atoms with Gasteiger partial charge in [0.1, 0.15) is 19.3 Å². The van der Waals surface area contributed by atoms with Crippen molar-refractivity contribution in [3.05, 3.63) is 0 Å². The van der Waals surface area contributed by atoms with Crippen molar-refractivity contribution in [1.82, 2.24) is 0 Å². The number of rotatable bonds is 77. The van der Waals surface area contributed by atoms with Crippen molar-refractivity contribution in [3.8, 4) is 0 Å². The minimum absolute atomic E-state index is 0.107. The number of carbonyl (C=O) groups is 4. The number of aliphatic hydroxyl groups is 1. The maximum Gasteiger partial charge on any atom is 0.472 e. The van der Waals surface area contributed by atoms with Gasteiger partial charge in [-0.05, 0) is 43.4 Å². The van der Waals surface area contributed by atoms with Crippen LogP contribution in [-0.2, 0) is 65.4 Å². The molecule has 0 spiro atoms. The highest BCUT2D eigenvalue weighted by atomic mass is 31.2. The molecule has 0 bridgehead atoms. The lowest BCUT2D eigenvalue weighted by molar-refractivity contribution is -0.161. The fourth-order valence-corrected chi connectivity index (χ4v) is 13.7. The van der Waals surface area contributed by atoms with Crippen LogP contribution >= 0.6 is 15.6 Å². The first kappa shape index (κ1) is 96.1. The zero-order valence-corrected chi connectivity index (χ0v) is 66.0.